The van der Waals surface area contributed by atoms with Crippen LogP contribution < -0.4 is 0 Å². The maximum atomic E-state index is 3.01. The van der Waals surface area contributed by atoms with E-state index in [1.54, 1.807) is 0 Å². The molecule has 0 saturated heterocycles. The number of hydrogen-bond donors (Lipinski definition) is 0. The molecule has 0 rings (SSSR count). The van der Waals surface area contributed by atoms with Crippen molar-refractivity contribution in [3.63, 3.8) is 0 Å². The van der Waals surface area contributed by atoms with Crippen molar-refractivity contribution in [1.82, 2.24) is 0 Å². The number of rotatable bonds is 0. The van der Waals surface area contributed by atoms with Crippen LogP contribution >= 0.6 is 0 Å². The maximum absolute atomic E-state index is 3.01. The van der Waals surface area contributed by atoms with E-state index in [1.165, 1.54) is 0 Å². The molecule has 0 bridgehead atoms. The summed E-state index contributed by atoms with van der Waals surface area (Å²) in [5, 5.41) is 0. The van der Waals surface area contributed by atoms with Crippen molar-refractivity contribution in [1.29, 1.82) is 0 Å². The highest BCUT2D eigenvalue weighted by Gasteiger charge is 2.04. The highest BCUT2D eigenvalue weighted by Crippen LogP contribution is 2.16. The van der Waals surface area contributed by atoms with Gasteiger partial charge in [0, 0.05) is 0 Å². The highest BCUT2D eigenvalue weighted by molar-refractivity contribution is 5.26. The Morgan fingerprint density at radius 2 is 1.80 bits per heavy atom. The molecule has 0 fully saturated rings. The third-order valence-electron chi connectivity index (χ3n) is 0.972. The molecule has 0 spiro atoms. The summed E-state index contributed by atoms with van der Waals surface area (Å²) < 4.78 is 0. The minimum Gasteiger partial charge on any atom is -0.102 e. The van der Waals surface area contributed by atoms with Crippen LogP contribution in [0.4, 0.5) is 0 Å². The summed E-state index contributed by atoms with van der Waals surface area (Å²) in [4.78, 5) is 0. The van der Waals surface area contributed by atoms with Crippen molar-refractivity contribution < 1.29 is 0 Å². The number of allylic oxidation sites excluding steroid dienone is 2. The van der Waals surface area contributed by atoms with Crippen molar-refractivity contribution in [2.24, 2.45) is 5.41 Å². The van der Waals surface area contributed by atoms with Crippen molar-refractivity contribution >= 4 is 0 Å². The third kappa shape index (κ3) is 5.44. The normalized spacial score (nSPS) is 12.3. The van der Waals surface area contributed by atoms with E-state index < -0.39 is 0 Å². The molecule has 10 heavy (non-hydrogen) atoms. The van der Waals surface area contributed by atoms with E-state index >= 15 is 0 Å². The van der Waals surface area contributed by atoms with Gasteiger partial charge in [-0.2, -0.15) is 0 Å². The Bertz CT molecular complexity index is 178. The monoisotopic (exact) mass is 136 g/mol. The van der Waals surface area contributed by atoms with Crippen LogP contribution in [0.5, 0.6) is 0 Å². The van der Waals surface area contributed by atoms with Crippen molar-refractivity contribution in [2.45, 2.75) is 34.6 Å². The fourth-order valence-electron chi connectivity index (χ4n) is 0.883. The first kappa shape index (κ1) is 9.30. The second kappa shape index (κ2) is 3.46. The van der Waals surface area contributed by atoms with Gasteiger partial charge < -0.3 is 0 Å². The molecule has 0 saturated carbocycles. The Morgan fingerprint density at radius 3 is 2.10 bits per heavy atom. The predicted octanol–water partition coefficient (Wildman–Crippen LogP) is 3.00. The molecule has 56 valence electrons. The van der Waals surface area contributed by atoms with E-state index in [-0.39, 0.29) is 5.41 Å². The second-order valence-corrected chi connectivity index (χ2v) is 3.57. The molecule has 0 nitrogen and oxygen atoms in total. The zero-order valence-electron chi connectivity index (χ0n) is 7.58. The van der Waals surface area contributed by atoms with Gasteiger partial charge in [-0.1, -0.05) is 32.8 Å². The first-order valence-corrected chi connectivity index (χ1v) is 3.58. The van der Waals surface area contributed by atoms with Crippen LogP contribution in [0.1, 0.15) is 34.6 Å². The Kier molecular flexibility index (Phi) is 3.22. The lowest BCUT2D eigenvalue weighted by molar-refractivity contribution is 0.541. The molecule has 0 aliphatic carbocycles. The van der Waals surface area contributed by atoms with Gasteiger partial charge in [0.05, 0.1) is 0 Å². The van der Waals surface area contributed by atoms with E-state index in [1.807, 2.05) is 13.8 Å². The average molecular weight is 136 g/mol. The standard InChI is InChI=1S/C10H16/c1-6-7-9(2)8-10(3,4)5/h8H,1-5H3/b9-8+. The summed E-state index contributed by atoms with van der Waals surface area (Å²) in [6.45, 7) is 10.4. The minimum atomic E-state index is 0.258. The highest BCUT2D eigenvalue weighted by atomic mass is 14.1. The maximum Gasteiger partial charge on any atom is -0.00234 e. The van der Waals surface area contributed by atoms with Gasteiger partial charge in [0.2, 0.25) is 0 Å². The largest absolute Gasteiger partial charge is 0.102 e. The van der Waals surface area contributed by atoms with Crippen LogP contribution in [0.15, 0.2) is 11.6 Å². The quantitative estimate of drug-likeness (QED) is 0.449. The summed E-state index contributed by atoms with van der Waals surface area (Å²) in [5.74, 6) is 5.88. The second-order valence-electron chi connectivity index (χ2n) is 3.57. The van der Waals surface area contributed by atoms with Crippen LogP contribution in [-0.2, 0) is 0 Å². The van der Waals surface area contributed by atoms with Gasteiger partial charge in [0.1, 0.15) is 0 Å². The Balaban J connectivity index is 4.27. The first-order chi connectivity index (χ1) is 4.45. The van der Waals surface area contributed by atoms with Gasteiger partial charge >= 0.3 is 0 Å². The fourth-order valence-corrected chi connectivity index (χ4v) is 0.883. The molecule has 0 aliphatic heterocycles. The molecule has 0 heteroatoms. The minimum absolute atomic E-state index is 0.258. The van der Waals surface area contributed by atoms with Crippen LogP contribution in [0.25, 0.3) is 0 Å². The first-order valence-electron chi connectivity index (χ1n) is 3.58. The van der Waals surface area contributed by atoms with Crippen molar-refractivity contribution in [2.75, 3.05) is 0 Å². The third-order valence-corrected chi connectivity index (χ3v) is 0.972. The summed E-state index contributed by atoms with van der Waals surface area (Å²) in [5.41, 5.74) is 1.42. The van der Waals surface area contributed by atoms with Gasteiger partial charge in [0.25, 0.3) is 0 Å². The van der Waals surface area contributed by atoms with Crippen LogP contribution in [0.3, 0.4) is 0 Å². The van der Waals surface area contributed by atoms with Crippen molar-refractivity contribution in [3.8, 4) is 11.8 Å². The van der Waals surface area contributed by atoms with E-state index in [0.717, 1.165) is 5.57 Å². The molecular formula is C10H16. The van der Waals surface area contributed by atoms with Gasteiger partial charge in [-0.05, 0) is 24.8 Å². The van der Waals surface area contributed by atoms with E-state index in [2.05, 4.69) is 38.7 Å². The number of hydrogen-bond acceptors (Lipinski definition) is 0. The molecule has 0 heterocycles. The topological polar surface area (TPSA) is 0 Å². The molecule has 0 aliphatic rings. The Morgan fingerprint density at radius 1 is 1.30 bits per heavy atom. The lowest BCUT2D eigenvalue weighted by Crippen LogP contribution is -1.99. The molecule has 0 aromatic heterocycles. The summed E-state index contributed by atoms with van der Waals surface area (Å²) in [7, 11) is 0. The zero-order valence-corrected chi connectivity index (χ0v) is 7.58. The van der Waals surface area contributed by atoms with E-state index in [0.29, 0.717) is 0 Å². The van der Waals surface area contributed by atoms with Gasteiger partial charge in [-0.3, -0.25) is 0 Å². The molecule has 0 aromatic rings. The molecule has 0 N–H and O–H groups in total. The molecule has 0 unspecified atom stereocenters. The summed E-state index contributed by atoms with van der Waals surface area (Å²) >= 11 is 0. The van der Waals surface area contributed by atoms with Gasteiger partial charge in [0.15, 0.2) is 0 Å². The fraction of sp³-hybridized carbons (Fsp3) is 0.600. The van der Waals surface area contributed by atoms with Gasteiger partial charge in [-0.15, -0.1) is 5.92 Å². The molecular weight excluding hydrogens is 120 g/mol. The smallest absolute Gasteiger partial charge is 0.00234 e. The lowest BCUT2D eigenvalue weighted by atomic mass is 9.94. The summed E-state index contributed by atoms with van der Waals surface area (Å²) in [6.07, 6.45) is 2.18. The SMILES string of the molecule is CC#C/C(C)=C/C(C)(C)C. The molecule has 0 amide bonds. The predicted molar refractivity (Wildman–Crippen MR) is 46.7 cm³/mol. The van der Waals surface area contributed by atoms with E-state index in [9.17, 15) is 0 Å². The lowest BCUT2D eigenvalue weighted by Gasteiger charge is -2.11. The molecule has 0 atom stereocenters. The van der Waals surface area contributed by atoms with Gasteiger partial charge in [-0.25, -0.2) is 0 Å². The average Bonchev–Trinajstić information content (AvgIpc) is 1.59. The van der Waals surface area contributed by atoms with E-state index in [4.69, 9.17) is 0 Å². The van der Waals surface area contributed by atoms with Crippen LogP contribution in [0.2, 0.25) is 0 Å². The van der Waals surface area contributed by atoms with Crippen LogP contribution in [0, 0.1) is 17.3 Å². The zero-order chi connectivity index (χ0) is 8.20. The molecule has 0 aromatic carbocycles. The van der Waals surface area contributed by atoms with Crippen LogP contribution in [-0.4, -0.2) is 0 Å². The Hall–Kier alpha value is -0.700. The Labute approximate surface area is 64.3 Å². The molecule has 0 radical (unpaired) electrons. The summed E-state index contributed by atoms with van der Waals surface area (Å²) in [6, 6.07) is 0. The van der Waals surface area contributed by atoms with Crippen molar-refractivity contribution in [3.05, 3.63) is 11.6 Å².